The van der Waals surface area contributed by atoms with Crippen molar-refractivity contribution >= 4 is 0 Å². The molecular weight excluding hydrogens is 200 g/mol. The van der Waals surface area contributed by atoms with Crippen LogP contribution in [0.15, 0.2) is 6.07 Å². The highest BCUT2D eigenvalue weighted by Crippen LogP contribution is 2.27. The Morgan fingerprint density at radius 3 is 2.44 bits per heavy atom. The maximum Gasteiger partial charge on any atom is 0.0657 e. The minimum absolute atomic E-state index is 0.205. The topological polar surface area (TPSA) is 55.9 Å². The molecule has 1 aromatic rings. The second-order valence-electron chi connectivity index (χ2n) is 4.25. The Morgan fingerprint density at radius 1 is 1.38 bits per heavy atom. The smallest absolute Gasteiger partial charge is 0.0657 e. The van der Waals surface area contributed by atoms with Crippen LogP contribution in [0.1, 0.15) is 51.0 Å². The highest BCUT2D eigenvalue weighted by atomic mass is 15.3. The molecule has 4 nitrogen and oxygen atoms in total. The SMILES string of the molecule is CCC(CC)C(NN)c1cc(C)nn1CC. The van der Waals surface area contributed by atoms with Gasteiger partial charge < -0.3 is 0 Å². The van der Waals surface area contributed by atoms with Crippen molar-refractivity contribution in [3.05, 3.63) is 17.5 Å². The van der Waals surface area contributed by atoms with Crippen LogP contribution in [0.25, 0.3) is 0 Å². The van der Waals surface area contributed by atoms with Crippen molar-refractivity contribution in [3.8, 4) is 0 Å². The highest BCUT2D eigenvalue weighted by Gasteiger charge is 2.22. The minimum Gasteiger partial charge on any atom is -0.271 e. The van der Waals surface area contributed by atoms with Gasteiger partial charge in [0.15, 0.2) is 0 Å². The molecule has 1 heterocycles. The van der Waals surface area contributed by atoms with Gasteiger partial charge in [0, 0.05) is 6.54 Å². The number of hydrazine groups is 1. The van der Waals surface area contributed by atoms with E-state index in [0.717, 1.165) is 25.1 Å². The lowest BCUT2D eigenvalue weighted by Crippen LogP contribution is -2.34. The zero-order valence-corrected chi connectivity index (χ0v) is 10.8. The van der Waals surface area contributed by atoms with Crippen LogP contribution in [0, 0.1) is 12.8 Å². The molecule has 1 rings (SSSR count). The molecule has 1 atom stereocenters. The van der Waals surface area contributed by atoms with Crippen LogP contribution in [0.5, 0.6) is 0 Å². The lowest BCUT2D eigenvalue weighted by molar-refractivity contribution is 0.327. The van der Waals surface area contributed by atoms with Crippen molar-refractivity contribution in [1.29, 1.82) is 0 Å². The number of hydrogen-bond donors (Lipinski definition) is 2. The van der Waals surface area contributed by atoms with E-state index in [4.69, 9.17) is 5.84 Å². The zero-order chi connectivity index (χ0) is 12.1. The summed E-state index contributed by atoms with van der Waals surface area (Å²) in [5.74, 6) is 6.26. The molecule has 0 radical (unpaired) electrons. The average Bonchev–Trinajstić information content (AvgIpc) is 2.66. The predicted molar refractivity (Wildman–Crippen MR) is 66.8 cm³/mol. The van der Waals surface area contributed by atoms with E-state index in [1.54, 1.807) is 0 Å². The second-order valence-corrected chi connectivity index (χ2v) is 4.25. The fraction of sp³-hybridized carbons (Fsp3) is 0.750. The first-order valence-corrected chi connectivity index (χ1v) is 6.18. The standard InChI is InChI=1S/C12H24N4/c1-5-10(6-2)12(14-13)11-8-9(4)15-16(11)7-3/h8,10,12,14H,5-7,13H2,1-4H3. The summed E-state index contributed by atoms with van der Waals surface area (Å²) in [5, 5.41) is 4.47. The molecule has 1 aromatic heterocycles. The summed E-state index contributed by atoms with van der Waals surface area (Å²) in [7, 11) is 0. The van der Waals surface area contributed by atoms with Gasteiger partial charge in [-0.05, 0) is 25.8 Å². The molecule has 0 saturated heterocycles. The van der Waals surface area contributed by atoms with Crippen molar-refractivity contribution < 1.29 is 0 Å². The lowest BCUT2D eigenvalue weighted by Gasteiger charge is -2.25. The molecule has 0 bridgehead atoms. The fourth-order valence-electron chi connectivity index (χ4n) is 2.29. The van der Waals surface area contributed by atoms with E-state index in [2.05, 4.69) is 37.4 Å². The maximum atomic E-state index is 5.70. The number of aryl methyl sites for hydroxylation is 2. The van der Waals surface area contributed by atoms with Crippen LogP contribution in [0.2, 0.25) is 0 Å². The third-order valence-corrected chi connectivity index (χ3v) is 3.25. The van der Waals surface area contributed by atoms with Crippen molar-refractivity contribution in [2.45, 2.75) is 53.1 Å². The minimum atomic E-state index is 0.205. The van der Waals surface area contributed by atoms with E-state index in [0.29, 0.717) is 5.92 Å². The highest BCUT2D eigenvalue weighted by molar-refractivity contribution is 5.14. The molecular formula is C12H24N4. The molecule has 16 heavy (non-hydrogen) atoms. The second kappa shape index (κ2) is 6.01. The van der Waals surface area contributed by atoms with Crippen LogP contribution in [-0.2, 0) is 6.54 Å². The molecule has 0 aliphatic heterocycles. The van der Waals surface area contributed by atoms with E-state index < -0.39 is 0 Å². The van der Waals surface area contributed by atoms with Gasteiger partial charge in [-0.15, -0.1) is 0 Å². The van der Waals surface area contributed by atoms with Crippen molar-refractivity contribution in [1.82, 2.24) is 15.2 Å². The van der Waals surface area contributed by atoms with Gasteiger partial charge in [0.05, 0.1) is 17.4 Å². The van der Waals surface area contributed by atoms with Gasteiger partial charge in [-0.3, -0.25) is 16.0 Å². The van der Waals surface area contributed by atoms with Crippen molar-refractivity contribution in [2.75, 3.05) is 0 Å². The van der Waals surface area contributed by atoms with Crippen LogP contribution in [-0.4, -0.2) is 9.78 Å². The van der Waals surface area contributed by atoms with Crippen LogP contribution < -0.4 is 11.3 Å². The van der Waals surface area contributed by atoms with Crippen LogP contribution in [0.3, 0.4) is 0 Å². The van der Waals surface area contributed by atoms with Crippen LogP contribution >= 0.6 is 0 Å². The molecule has 0 fully saturated rings. The first kappa shape index (κ1) is 13.2. The summed E-state index contributed by atoms with van der Waals surface area (Å²) in [4.78, 5) is 0. The maximum absolute atomic E-state index is 5.70. The molecule has 1 unspecified atom stereocenters. The number of nitrogens with two attached hydrogens (primary N) is 1. The third-order valence-electron chi connectivity index (χ3n) is 3.25. The average molecular weight is 224 g/mol. The number of rotatable bonds is 6. The van der Waals surface area contributed by atoms with Gasteiger partial charge in [0.2, 0.25) is 0 Å². The molecule has 0 aliphatic carbocycles. The van der Waals surface area contributed by atoms with E-state index in [1.165, 1.54) is 5.69 Å². The lowest BCUT2D eigenvalue weighted by atomic mass is 9.92. The van der Waals surface area contributed by atoms with Gasteiger partial charge >= 0.3 is 0 Å². The zero-order valence-electron chi connectivity index (χ0n) is 10.8. The molecule has 0 amide bonds. The summed E-state index contributed by atoms with van der Waals surface area (Å²) in [6, 6.07) is 2.34. The Balaban J connectivity index is 3.01. The quantitative estimate of drug-likeness (QED) is 0.575. The summed E-state index contributed by atoms with van der Waals surface area (Å²) in [6.07, 6.45) is 2.25. The fourth-order valence-corrected chi connectivity index (χ4v) is 2.29. The summed E-state index contributed by atoms with van der Waals surface area (Å²) < 4.78 is 2.04. The Kier molecular flexibility index (Phi) is 4.96. The summed E-state index contributed by atoms with van der Waals surface area (Å²) in [5.41, 5.74) is 5.21. The largest absolute Gasteiger partial charge is 0.271 e. The van der Waals surface area contributed by atoms with Gasteiger partial charge in [-0.2, -0.15) is 5.10 Å². The Bertz CT molecular complexity index is 315. The molecule has 0 spiro atoms. The monoisotopic (exact) mass is 224 g/mol. The summed E-state index contributed by atoms with van der Waals surface area (Å²) in [6.45, 7) is 9.43. The van der Waals surface area contributed by atoms with Gasteiger partial charge in [0.25, 0.3) is 0 Å². The van der Waals surface area contributed by atoms with Gasteiger partial charge in [-0.25, -0.2) is 0 Å². The number of aromatic nitrogens is 2. The summed E-state index contributed by atoms with van der Waals surface area (Å²) >= 11 is 0. The first-order chi connectivity index (χ1) is 7.67. The first-order valence-electron chi connectivity index (χ1n) is 6.18. The van der Waals surface area contributed by atoms with E-state index in [9.17, 15) is 0 Å². The third kappa shape index (κ3) is 2.62. The molecule has 4 heteroatoms. The molecule has 0 aromatic carbocycles. The van der Waals surface area contributed by atoms with Gasteiger partial charge in [0.1, 0.15) is 0 Å². The Morgan fingerprint density at radius 2 is 2.00 bits per heavy atom. The molecule has 3 N–H and O–H groups in total. The van der Waals surface area contributed by atoms with E-state index >= 15 is 0 Å². The number of hydrogen-bond acceptors (Lipinski definition) is 3. The van der Waals surface area contributed by atoms with Gasteiger partial charge in [-0.1, -0.05) is 26.7 Å². The number of nitrogens with zero attached hydrogens (tertiary/aromatic N) is 2. The van der Waals surface area contributed by atoms with Crippen LogP contribution in [0.4, 0.5) is 0 Å². The Hall–Kier alpha value is -0.870. The predicted octanol–water partition coefficient (Wildman–Crippen LogP) is 2.15. The number of nitrogens with one attached hydrogen (secondary N) is 1. The molecule has 0 aliphatic rings. The van der Waals surface area contributed by atoms with Crippen molar-refractivity contribution in [2.24, 2.45) is 11.8 Å². The molecule has 92 valence electrons. The van der Waals surface area contributed by atoms with E-state index in [1.807, 2.05) is 11.6 Å². The molecule has 0 saturated carbocycles. The van der Waals surface area contributed by atoms with Crippen molar-refractivity contribution in [3.63, 3.8) is 0 Å². The normalized spacial score (nSPS) is 13.4. The van der Waals surface area contributed by atoms with E-state index in [-0.39, 0.29) is 6.04 Å². The Labute approximate surface area is 98.2 Å².